The molecule has 19 heavy (non-hydrogen) atoms. The molecule has 0 aliphatic rings. The molecule has 1 amide bonds. The fourth-order valence-electron chi connectivity index (χ4n) is 1.61. The Morgan fingerprint density at radius 2 is 2.11 bits per heavy atom. The number of halogens is 3. The Morgan fingerprint density at radius 1 is 1.37 bits per heavy atom. The van der Waals surface area contributed by atoms with E-state index in [-0.39, 0.29) is 12.1 Å². The number of nitrogens with two attached hydrogens (primary N) is 1. The number of alkyl halides is 3. The summed E-state index contributed by atoms with van der Waals surface area (Å²) in [4.78, 5) is 10.9. The van der Waals surface area contributed by atoms with Gasteiger partial charge < -0.3 is 5.73 Å². The van der Waals surface area contributed by atoms with Crippen LogP contribution in [0, 0.1) is 0 Å². The van der Waals surface area contributed by atoms with Gasteiger partial charge in [0.2, 0.25) is 0 Å². The highest BCUT2D eigenvalue weighted by molar-refractivity contribution is 5.92. The van der Waals surface area contributed by atoms with Gasteiger partial charge in [-0.05, 0) is 17.7 Å². The molecule has 1 aromatic heterocycles. The Balaban J connectivity index is 2.21. The van der Waals surface area contributed by atoms with E-state index in [1.165, 1.54) is 23.1 Å². The zero-order valence-corrected chi connectivity index (χ0v) is 9.69. The summed E-state index contributed by atoms with van der Waals surface area (Å²) in [5.74, 6) is -0.629. The highest BCUT2D eigenvalue weighted by atomic mass is 19.4. The van der Waals surface area contributed by atoms with Gasteiger partial charge in [0, 0.05) is 6.20 Å². The number of hydrogen-bond donors (Lipinski definition) is 1. The average molecular weight is 269 g/mol. The van der Waals surface area contributed by atoms with Crippen molar-refractivity contribution in [3.05, 3.63) is 53.3 Å². The predicted molar refractivity (Wildman–Crippen MR) is 61.3 cm³/mol. The highest BCUT2D eigenvalue weighted by Crippen LogP contribution is 2.29. The summed E-state index contributed by atoms with van der Waals surface area (Å²) in [5, 5.41) is 3.86. The third-order valence-electron chi connectivity index (χ3n) is 2.52. The Bertz CT molecular complexity index is 604. The number of carbonyl (C=O) groups is 1. The van der Waals surface area contributed by atoms with Gasteiger partial charge in [0.1, 0.15) is 0 Å². The summed E-state index contributed by atoms with van der Waals surface area (Å²) in [5.41, 5.74) is 5.00. The molecule has 0 fully saturated rings. The van der Waals surface area contributed by atoms with Gasteiger partial charge in [0.15, 0.2) is 0 Å². The van der Waals surface area contributed by atoms with Crippen molar-refractivity contribution in [2.24, 2.45) is 5.73 Å². The van der Waals surface area contributed by atoms with Crippen LogP contribution in [0.2, 0.25) is 0 Å². The minimum absolute atomic E-state index is 0.136. The van der Waals surface area contributed by atoms with Crippen molar-refractivity contribution in [1.82, 2.24) is 9.78 Å². The summed E-state index contributed by atoms with van der Waals surface area (Å²) in [6, 6.07) is 4.94. The molecule has 7 heteroatoms. The fourth-order valence-corrected chi connectivity index (χ4v) is 1.61. The maximum Gasteiger partial charge on any atom is 0.416 e. The summed E-state index contributed by atoms with van der Waals surface area (Å²) in [6.45, 7) is 0.136. The van der Waals surface area contributed by atoms with Crippen LogP contribution >= 0.6 is 0 Å². The molecule has 0 atom stereocenters. The van der Waals surface area contributed by atoms with Crippen molar-refractivity contribution in [3.63, 3.8) is 0 Å². The Labute approximate surface area is 106 Å². The lowest BCUT2D eigenvalue weighted by Crippen LogP contribution is -2.10. The van der Waals surface area contributed by atoms with Gasteiger partial charge in [-0.15, -0.1) is 0 Å². The van der Waals surface area contributed by atoms with Crippen LogP contribution in [0.5, 0.6) is 0 Å². The molecule has 0 aliphatic carbocycles. The quantitative estimate of drug-likeness (QED) is 0.927. The maximum absolute atomic E-state index is 12.5. The van der Waals surface area contributed by atoms with Crippen LogP contribution in [-0.2, 0) is 12.7 Å². The van der Waals surface area contributed by atoms with Crippen LogP contribution in [0.15, 0.2) is 36.7 Å². The third-order valence-corrected chi connectivity index (χ3v) is 2.52. The zero-order valence-electron chi connectivity index (χ0n) is 9.69. The van der Waals surface area contributed by atoms with Gasteiger partial charge in [-0.25, -0.2) is 0 Å². The number of primary amides is 1. The van der Waals surface area contributed by atoms with Gasteiger partial charge in [-0.2, -0.15) is 18.3 Å². The van der Waals surface area contributed by atoms with Crippen LogP contribution in [0.3, 0.4) is 0 Å². The lowest BCUT2D eigenvalue weighted by atomic mass is 10.1. The Hall–Kier alpha value is -2.31. The number of nitrogens with zero attached hydrogens (tertiary/aromatic N) is 2. The van der Waals surface area contributed by atoms with E-state index in [1.54, 1.807) is 6.07 Å². The van der Waals surface area contributed by atoms with Crippen molar-refractivity contribution in [3.8, 4) is 0 Å². The van der Waals surface area contributed by atoms with Crippen molar-refractivity contribution >= 4 is 5.91 Å². The molecule has 0 saturated carbocycles. The fraction of sp³-hybridized carbons (Fsp3) is 0.167. The van der Waals surface area contributed by atoms with E-state index in [4.69, 9.17) is 5.73 Å². The summed E-state index contributed by atoms with van der Waals surface area (Å²) in [7, 11) is 0. The monoisotopic (exact) mass is 269 g/mol. The van der Waals surface area contributed by atoms with Crippen LogP contribution < -0.4 is 5.73 Å². The second-order valence-electron chi connectivity index (χ2n) is 3.99. The van der Waals surface area contributed by atoms with E-state index >= 15 is 0 Å². The molecule has 1 aromatic carbocycles. The smallest absolute Gasteiger partial charge is 0.366 e. The van der Waals surface area contributed by atoms with E-state index in [2.05, 4.69) is 5.10 Å². The second-order valence-corrected chi connectivity index (χ2v) is 3.99. The van der Waals surface area contributed by atoms with Gasteiger partial charge in [-0.1, -0.05) is 12.1 Å². The molecule has 0 radical (unpaired) electrons. The predicted octanol–water partition coefficient (Wildman–Crippen LogP) is 2.05. The number of benzene rings is 1. The van der Waals surface area contributed by atoms with Crippen molar-refractivity contribution in [2.45, 2.75) is 12.7 Å². The molecule has 0 spiro atoms. The molecule has 0 aliphatic heterocycles. The lowest BCUT2D eigenvalue weighted by Gasteiger charge is -2.08. The van der Waals surface area contributed by atoms with E-state index in [9.17, 15) is 18.0 Å². The van der Waals surface area contributed by atoms with Crippen LogP contribution in [0.4, 0.5) is 13.2 Å². The van der Waals surface area contributed by atoms with Gasteiger partial charge in [0.25, 0.3) is 5.91 Å². The van der Waals surface area contributed by atoms with E-state index in [0.717, 1.165) is 12.1 Å². The summed E-state index contributed by atoms with van der Waals surface area (Å²) in [6.07, 6.45) is -1.71. The normalized spacial score (nSPS) is 11.5. The first-order valence-corrected chi connectivity index (χ1v) is 5.34. The molecule has 0 unspecified atom stereocenters. The summed E-state index contributed by atoms with van der Waals surface area (Å²) >= 11 is 0. The number of amides is 1. The number of hydrogen-bond acceptors (Lipinski definition) is 2. The minimum atomic E-state index is -4.38. The zero-order chi connectivity index (χ0) is 14.0. The lowest BCUT2D eigenvalue weighted by molar-refractivity contribution is -0.137. The molecule has 2 rings (SSSR count). The van der Waals surface area contributed by atoms with Crippen molar-refractivity contribution in [1.29, 1.82) is 0 Å². The van der Waals surface area contributed by atoms with Crippen LogP contribution in [0.25, 0.3) is 0 Å². The molecule has 4 nitrogen and oxygen atoms in total. The average Bonchev–Trinajstić information content (AvgIpc) is 2.77. The van der Waals surface area contributed by atoms with Crippen LogP contribution in [-0.4, -0.2) is 15.7 Å². The van der Waals surface area contributed by atoms with Crippen molar-refractivity contribution in [2.75, 3.05) is 0 Å². The topological polar surface area (TPSA) is 60.9 Å². The largest absolute Gasteiger partial charge is 0.416 e. The first kappa shape index (κ1) is 13.1. The SMILES string of the molecule is NC(=O)c1cnn(Cc2cccc(C(F)(F)F)c2)c1. The first-order chi connectivity index (χ1) is 8.86. The van der Waals surface area contributed by atoms with Gasteiger partial charge in [0.05, 0.1) is 23.9 Å². The molecule has 1 heterocycles. The molecular formula is C12H10F3N3O. The first-order valence-electron chi connectivity index (χ1n) is 5.34. The van der Waals surface area contributed by atoms with Crippen molar-refractivity contribution < 1.29 is 18.0 Å². The minimum Gasteiger partial charge on any atom is -0.366 e. The standard InChI is InChI=1S/C12H10F3N3O/c13-12(14,15)10-3-1-2-8(4-10)6-18-7-9(5-17-18)11(16)19/h1-5,7H,6H2,(H2,16,19). The third kappa shape index (κ3) is 3.12. The van der Waals surface area contributed by atoms with Gasteiger partial charge in [-0.3, -0.25) is 9.48 Å². The second kappa shape index (κ2) is 4.75. The molecule has 2 aromatic rings. The summed E-state index contributed by atoms with van der Waals surface area (Å²) < 4.78 is 39.0. The molecule has 0 bridgehead atoms. The maximum atomic E-state index is 12.5. The Kier molecular flexibility index (Phi) is 3.28. The van der Waals surface area contributed by atoms with Gasteiger partial charge >= 0.3 is 6.18 Å². The van der Waals surface area contributed by atoms with E-state index < -0.39 is 17.6 Å². The molecule has 2 N–H and O–H groups in total. The van der Waals surface area contributed by atoms with E-state index in [1.807, 2.05) is 0 Å². The molecule has 100 valence electrons. The highest BCUT2D eigenvalue weighted by Gasteiger charge is 2.30. The molecular weight excluding hydrogens is 259 g/mol. The number of aromatic nitrogens is 2. The van der Waals surface area contributed by atoms with Crippen LogP contribution in [0.1, 0.15) is 21.5 Å². The molecule has 0 saturated heterocycles. The number of carbonyl (C=O) groups excluding carboxylic acids is 1. The van der Waals surface area contributed by atoms with E-state index in [0.29, 0.717) is 5.56 Å². The number of rotatable bonds is 3. The Morgan fingerprint density at radius 3 is 2.68 bits per heavy atom.